The molecule has 3 atom stereocenters. The molecule has 0 aromatic heterocycles. The van der Waals surface area contributed by atoms with E-state index in [0.29, 0.717) is 19.3 Å². The van der Waals surface area contributed by atoms with Crippen molar-refractivity contribution in [3.05, 3.63) is 24.3 Å². The van der Waals surface area contributed by atoms with Crippen LogP contribution in [0.4, 0.5) is 0 Å². The van der Waals surface area contributed by atoms with Gasteiger partial charge in [-0.2, -0.15) is 0 Å². The molecule has 0 aromatic rings. The molecule has 5 heteroatoms. The van der Waals surface area contributed by atoms with Gasteiger partial charge in [-0.15, -0.1) is 0 Å². The van der Waals surface area contributed by atoms with Gasteiger partial charge in [0.15, 0.2) is 0 Å². The average molecular weight is 328 g/mol. The minimum Gasteiger partial charge on any atom is -0.481 e. The number of aliphatic carboxylic acids is 1. The zero-order valence-electron chi connectivity index (χ0n) is 14.1. The van der Waals surface area contributed by atoms with Crippen LogP contribution in [0.2, 0.25) is 0 Å². The van der Waals surface area contributed by atoms with Gasteiger partial charge in [-0.1, -0.05) is 56.9 Å². The highest BCUT2D eigenvalue weighted by Gasteiger charge is 2.21. The molecule has 4 N–H and O–H groups in total. The van der Waals surface area contributed by atoms with E-state index in [4.69, 9.17) is 5.11 Å². The number of hydrogen-bond acceptors (Lipinski definition) is 4. The van der Waals surface area contributed by atoms with Gasteiger partial charge < -0.3 is 20.4 Å². The molecule has 0 saturated heterocycles. The Morgan fingerprint density at radius 3 is 2.26 bits per heavy atom. The third-order valence-corrected chi connectivity index (χ3v) is 3.64. The summed E-state index contributed by atoms with van der Waals surface area (Å²) in [5.41, 5.74) is 0. The highest BCUT2D eigenvalue weighted by molar-refractivity contribution is 5.66. The molecule has 0 fully saturated rings. The van der Waals surface area contributed by atoms with E-state index >= 15 is 0 Å². The van der Waals surface area contributed by atoms with E-state index in [2.05, 4.69) is 0 Å². The maximum Gasteiger partial charge on any atom is 0.303 e. The van der Waals surface area contributed by atoms with Gasteiger partial charge >= 0.3 is 5.97 Å². The fourth-order valence-corrected chi connectivity index (χ4v) is 2.23. The van der Waals surface area contributed by atoms with E-state index in [1.165, 1.54) is 6.08 Å². The van der Waals surface area contributed by atoms with Gasteiger partial charge in [0, 0.05) is 6.42 Å². The molecular formula is C18H32O5. The van der Waals surface area contributed by atoms with E-state index < -0.39 is 24.3 Å². The minimum absolute atomic E-state index is 0.202. The lowest BCUT2D eigenvalue weighted by molar-refractivity contribution is -0.137. The Labute approximate surface area is 139 Å². The van der Waals surface area contributed by atoms with Crippen molar-refractivity contribution in [2.45, 2.75) is 83.0 Å². The Morgan fingerprint density at radius 2 is 1.61 bits per heavy atom. The van der Waals surface area contributed by atoms with Crippen molar-refractivity contribution in [1.82, 2.24) is 0 Å². The first-order valence-electron chi connectivity index (χ1n) is 8.56. The number of carboxylic acids is 1. The molecule has 0 bridgehead atoms. The van der Waals surface area contributed by atoms with Gasteiger partial charge in [0.25, 0.3) is 0 Å². The number of allylic oxidation sites excluding steroid dienone is 3. The van der Waals surface area contributed by atoms with E-state index in [1.807, 2.05) is 19.1 Å². The van der Waals surface area contributed by atoms with Crippen molar-refractivity contribution >= 4 is 5.97 Å². The lowest BCUT2D eigenvalue weighted by atomic mass is 10.0. The van der Waals surface area contributed by atoms with Gasteiger partial charge in [0.1, 0.15) is 12.2 Å². The third kappa shape index (κ3) is 13.0. The van der Waals surface area contributed by atoms with Crippen molar-refractivity contribution in [3.8, 4) is 0 Å². The van der Waals surface area contributed by atoms with E-state index in [9.17, 15) is 20.1 Å². The van der Waals surface area contributed by atoms with Gasteiger partial charge in [-0.05, 0) is 25.7 Å². The monoisotopic (exact) mass is 328 g/mol. The van der Waals surface area contributed by atoms with E-state index in [-0.39, 0.29) is 6.42 Å². The molecule has 0 aliphatic heterocycles. The highest BCUT2D eigenvalue weighted by atomic mass is 16.4. The lowest BCUT2D eigenvalue weighted by Crippen LogP contribution is -2.36. The number of aliphatic hydroxyl groups excluding tert-OH is 3. The van der Waals surface area contributed by atoms with Crippen molar-refractivity contribution in [2.24, 2.45) is 0 Å². The number of carbonyl (C=O) groups is 1. The number of carboxylic acid groups (broad SMARTS) is 1. The Balaban J connectivity index is 3.77. The summed E-state index contributed by atoms with van der Waals surface area (Å²) in [7, 11) is 0. The molecule has 0 spiro atoms. The normalized spacial score (nSPS) is 16.0. The minimum atomic E-state index is -1.17. The second-order valence-corrected chi connectivity index (χ2v) is 5.79. The van der Waals surface area contributed by atoms with Gasteiger partial charge in [0.05, 0.1) is 6.10 Å². The predicted octanol–water partition coefficient (Wildman–Crippen LogP) is 2.80. The Hall–Kier alpha value is -1.17. The predicted molar refractivity (Wildman–Crippen MR) is 91.2 cm³/mol. The Kier molecular flexibility index (Phi) is 13.7. The maximum absolute atomic E-state index is 10.3. The molecule has 23 heavy (non-hydrogen) atoms. The lowest BCUT2D eigenvalue weighted by Gasteiger charge is -2.20. The Morgan fingerprint density at radius 1 is 0.957 bits per heavy atom. The fraction of sp³-hybridized carbons (Fsp3) is 0.722. The summed E-state index contributed by atoms with van der Waals surface area (Å²) in [4.78, 5) is 10.3. The molecule has 5 nitrogen and oxygen atoms in total. The quantitative estimate of drug-likeness (QED) is 0.290. The second kappa shape index (κ2) is 14.4. The fourth-order valence-electron chi connectivity index (χ4n) is 2.23. The summed E-state index contributed by atoms with van der Waals surface area (Å²) in [5.74, 6) is -0.768. The van der Waals surface area contributed by atoms with E-state index in [0.717, 1.165) is 32.1 Å². The number of hydrogen-bond donors (Lipinski definition) is 4. The molecule has 134 valence electrons. The molecule has 0 saturated carbocycles. The molecule has 0 radical (unpaired) electrons. The Bertz CT molecular complexity index is 351. The largest absolute Gasteiger partial charge is 0.481 e. The molecule has 0 unspecified atom stereocenters. The van der Waals surface area contributed by atoms with Crippen LogP contribution in [-0.4, -0.2) is 44.7 Å². The van der Waals surface area contributed by atoms with Crippen molar-refractivity contribution < 1.29 is 25.2 Å². The van der Waals surface area contributed by atoms with Crippen LogP contribution in [0.5, 0.6) is 0 Å². The first kappa shape index (κ1) is 21.8. The van der Waals surface area contributed by atoms with Gasteiger partial charge in [-0.25, -0.2) is 0 Å². The first-order valence-corrected chi connectivity index (χ1v) is 8.56. The van der Waals surface area contributed by atoms with Crippen LogP contribution in [0, 0.1) is 0 Å². The molecule has 0 aliphatic rings. The molecule has 0 heterocycles. The topological polar surface area (TPSA) is 98.0 Å². The highest BCUT2D eigenvalue weighted by Crippen LogP contribution is 2.13. The smallest absolute Gasteiger partial charge is 0.303 e. The number of rotatable bonds is 14. The number of unbranched alkanes of at least 4 members (excludes halogenated alkanes) is 4. The molecule has 0 aromatic carbocycles. The summed E-state index contributed by atoms with van der Waals surface area (Å²) in [6.07, 6.45) is 10.5. The summed E-state index contributed by atoms with van der Waals surface area (Å²) in [5, 5.41) is 38.0. The first-order chi connectivity index (χ1) is 11.0. The van der Waals surface area contributed by atoms with Crippen LogP contribution in [0.15, 0.2) is 24.3 Å². The zero-order chi connectivity index (χ0) is 17.5. The SMILES string of the molecule is CC/C=C\C/C=C\[C@H](O)[C@@H](O)[C@@H](O)CCCCCCCC(=O)O. The molecular weight excluding hydrogens is 296 g/mol. The summed E-state index contributed by atoms with van der Waals surface area (Å²) in [6, 6.07) is 0. The van der Waals surface area contributed by atoms with Crippen LogP contribution in [0.3, 0.4) is 0 Å². The third-order valence-electron chi connectivity index (χ3n) is 3.64. The van der Waals surface area contributed by atoms with Crippen LogP contribution in [0.1, 0.15) is 64.7 Å². The zero-order valence-corrected chi connectivity index (χ0v) is 14.1. The standard InChI is InChI=1S/C18H32O5/c1-2-3-4-6-9-12-15(19)18(23)16(20)13-10-7-5-8-11-14-17(21)22/h3-4,9,12,15-16,18-20,23H,2,5-8,10-11,13-14H2,1H3,(H,21,22)/b4-3-,12-9-/t15-,16-,18+/m0/s1. The molecule has 0 rings (SSSR count). The molecule has 0 amide bonds. The number of aliphatic hydroxyl groups is 3. The summed E-state index contributed by atoms with van der Waals surface area (Å²) in [6.45, 7) is 2.04. The van der Waals surface area contributed by atoms with Crippen LogP contribution < -0.4 is 0 Å². The van der Waals surface area contributed by atoms with Crippen molar-refractivity contribution in [1.29, 1.82) is 0 Å². The van der Waals surface area contributed by atoms with E-state index in [1.54, 1.807) is 6.08 Å². The summed E-state index contributed by atoms with van der Waals surface area (Å²) < 4.78 is 0. The summed E-state index contributed by atoms with van der Waals surface area (Å²) >= 11 is 0. The van der Waals surface area contributed by atoms with Crippen LogP contribution in [-0.2, 0) is 4.79 Å². The second-order valence-electron chi connectivity index (χ2n) is 5.79. The van der Waals surface area contributed by atoms with Crippen LogP contribution >= 0.6 is 0 Å². The van der Waals surface area contributed by atoms with Crippen molar-refractivity contribution in [3.63, 3.8) is 0 Å². The maximum atomic E-state index is 10.3. The van der Waals surface area contributed by atoms with Crippen LogP contribution in [0.25, 0.3) is 0 Å². The average Bonchev–Trinajstić information content (AvgIpc) is 2.52. The van der Waals surface area contributed by atoms with Crippen molar-refractivity contribution in [2.75, 3.05) is 0 Å². The van der Waals surface area contributed by atoms with Gasteiger partial charge in [-0.3, -0.25) is 4.79 Å². The molecule has 0 aliphatic carbocycles. The van der Waals surface area contributed by atoms with Gasteiger partial charge in [0.2, 0.25) is 0 Å².